The number of carbonyl (C=O) groups excluding carboxylic acids is 1. The van der Waals surface area contributed by atoms with Crippen LogP contribution in [0.25, 0.3) is 0 Å². The maximum atomic E-state index is 12.8. The number of hydrogen-bond acceptors (Lipinski definition) is 2. The number of ketones is 1. The van der Waals surface area contributed by atoms with Gasteiger partial charge in [0.1, 0.15) is 0 Å². The molecule has 1 unspecified atom stereocenters. The number of rotatable bonds is 4. The zero-order valence-electron chi connectivity index (χ0n) is 11.1. The highest BCUT2D eigenvalue weighted by atomic mass is 16.1. The lowest BCUT2D eigenvalue weighted by Gasteiger charge is -2.27. The van der Waals surface area contributed by atoms with E-state index >= 15 is 0 Å². The summed E-state index contributed by atoms with van der Waals surface area (Å²) in [7, 11) is 0. The first-order valence-corrected chi connectivity index (χ1v) is 7.23. The third-order valence-corrected chi connectivity index (χ3v) is 4.29. The normalized spacial score (nSPS) is 29.8. The Kier molecular flexibility index (Phi) is 4.38. The van der Waals surface area contributed by atoms with Crippen LogP contribution in [0.15, 0.2) is 11.6 Å². The summed E-state index contributed by atoms with van der Waals surface area (Å²) < 4.78 is 0. The van der Waals surface area contributed by atoms with Crippen LogP contribution >= 0.6 is 0 Å². The number of carbonyl (C=O) groups is 1. The fraction of sp³-hybridized carbons (Fsp3) is 0.800. The van der Waals surface area contributed by atoms with Gasteiger partial charge in [0.25, 0.3) is 0 Å². The van der Waals surface area contributed by atoms with E-state index < -0.39 is 0 Å². The van der Waals surface area contributed by atoms with Crippen LogP contribution in [-0.4, -0.2) is 18.9 Å². The Balaban J connectivity index is 2.12. The molecule has 1 aliphatic carbocycles. The SMILES string of the molecule is CCCC1(C(=O)C2=CCCCCC2)CCNC1. The van der Waals surface area contributed by atoms with Crippen molar-refractivity contribution in [2.45, 2.75) is 58.3 Å². The lowest BCUT2D eigenvalue weighted by atomic mass is 9.75. The second-order valence-electron chi connectivity index (χ2n) is 5.61. The molecule has 17 heavy (non-hydrogen) atoms. The first-order chi connectivity index (χ1) is 8.28. The Morgan fingerprint density at radius 1 is 1.41 bits per heavy atom. The Hall–Kier alpha value is -0.630. The zero-order valence-corrected chi connectivity index (χ0v) is 11.1. The van der Waals surface area contributed by atoms with Crippen molar-refractivity contribution >= 4 is 5.78 Å². The first-order valence-electron chi connectivity index (χ1n) is 7.23. The van der Waals surface area contributed by atoms with Gasteiger partial charge in [-0.2, -0.15) is 0 Å². The Labute approximate surface area is 105 Å². The van der Waals surface area contributed by atoms with Gasteiger partial charge in [-0.05, 0) is 50.6 Å². The highest BCUT2D eigenvalue weighted by Crippen LogP contribution is 2.36. The van der Waals surface area contributed by atoms with E-state index in [1.165, 1.54) is 19.3 Å². The van der Waals surface area contributed by atoms with E-state index in [0.717, 1.165) is 50.8 Å². The van der Waals surface area contributed by atoms with E-state index in [0.29, 0.717) is 5.78 Å². The van der Waals surface area contributed by atoms with Gasteiger partial charge in [0, 0.05) is 12.0 Å². The largest absolute Gasteiger partial charge is 0.316 e. The van der Waals surface area contributed by atoms with Gasteiger partial charge in [-0.3, -0.25) is 4.79 Å². The Bertz CT molecular complexity index is 300. The molecule has 0 amide bonds. The summed E-state index contributed by atoms with van der Waals surface area (Å²) in [4.78, 5) is 12.8. The molecule has 0 aromatic carbocycles. The molecule has 1 N–H and O–H groups in total. The predicted molar refractivity (Wildman–Crippen MR) is 71.0 cm³/mol. The lowest BCUT2D eigenvalue weighted by Crippen LogP contribution is -2.34. The second-order valence-corrected chi connectivity index (χ2v) is 5.61. The number of hydrogen-bond donors (Lipinski definition) is 1. The molecular weight excluding hydrogens is 210 g/mol. The first kappa shape index (κ1) is 12.8. The van der Waals surface area contributed by atoms with Crippen LogP contribution in [0.1, 0.15) is 58.3 Å². The van der Waals surface area contributed by atoms with E-state index in [1.54, 1.807) is 0 Å². The van der Waals surface area contributed by atoms with Crippen molar-refractivity contribution in [1.82, 2.24) is 5.32 Å². The number of allylic oxidation sites excluding steroid dienone is 2. The Morgan fingerprint density at radius 3 is 3.00 bits per heavy atom. The fourth-order valence-electron chi connectivity index (χ4n) is 3.30. The van der Waals surface area contributed by atoms with Crippen LogP contribution in [-0.2, 0) is 4.79 Å². The highest BCUT2D eigenvalue weighted by Gasteiger charge is 2.41. The second kappa shape index (κ2) is 5.81. The molecule has 0 radical (unpaired) electrons. The maximum absolute atomic E-state index is 12.8. The summed E-state index contributed by atoms with van der Waals surface area (Å²) in [6.07, 6.45) is 11.3. The van der Waals surface area contributed by atoms with Crippen molar-refractivity contribution in [3.8, 4) is 0 Å². The van der Waals surface area contributed by atoms with Gasteiger partial charge in [0.2, 0.25) is 0 Å². The summed E-state index contributed by atoms with van der Waals surface area (Å²) in [5, 5.41) is 3.39. The predicted octanol–water partition coefficient (Wildman–Crippen LogP) is 3.23. The van der Waals surface area contributed by atoms with E-state index in [4.69, 9.17) is 0 Å². The average Bonchev–Trinajstić information content (AvgIpc) is 2.65. The quantitative estimate of drug-likeness (QED) is 0.810. The van der Waals surface area contributed by atoms with Crippen molar-refractivity contribution in [3.63, 3.8) is 0 Å². The Morgan fingerprint density at radius 2 is 2.29 bits per heavy atom. The minimum atomic E-state index is -0.0646. The monoisotopic (exact) mass is 235 g/mol. The van der Waals surface area contributed by atoms with E-state index in [2.05, 4.69) is 18.3 Å². The van der Waals surface area contributed by atoms with Crippen LogP contribution in [0.4, 0.5) is 0 Å². The van der Waals surface area contributed by atoms with Crippen molar-refractivity contribution in [1.29, 1.82) is 0 Å². The molecule has 1 fully saturated rings. The molecule has 0 spiro atoms. The van der Waals surface area contributed by atoms with Crippen molar-refractivity contribution in [2.24, 2.45) is 5.41 Å². The molecule has 1 heterocycles. The minimum Gasteiger partial charge on any atom is -0.316 e. The molecule has 0 bridgehead atoms. The van der Waals surface area contributed by atoms with Gasteiger partial charge in [0.15, 0.2) is 5.78 Å². The molecule has 1 saturated heterocycles. The molecule has 0 saturated carbocycles. The van der Waals surface area contributed by atoms with Crippen LogP contribution in [0.3, 0.4) is 0 Å². The smallest absolute Gasteiger partial charge is 0.165 e. The van der Waals surface area contributed by atoms with Gasteiger partial charge >= 0.3 is 0 Å². The molecule has 2 rings (SSSR count). The van der Waals surface area contributed by atoms with E-state index in [9.17, 15) is 4.79 Å². The van der Waals surface area contributed by atoms with Gasteiger partial charge in [-0.1, -0.05) is 25.8 Å². The van der Waals surface area contributed by atoms with Crippen molar-refractivity contribution in [3.05, 3.63) is 11.6 Å². The third-order valence-electron chi connectivity index (χ3n) is 4.29. The molecule has 2 nitrogen and oxygen atoms in total. The fourth-order valence-corrected chi connectivity index (χ4v) is 3.30. The van der Waals surface area contributed by atoms with E-state index in [-0.39, 0.29) is 5.41 Å². The summed E-state index contributed by atoms with van der Waals surface area (Å²) in [5.74, 6) is 0.464. The summed E-state index contributed by atoms with van der Waals surface area (Å²) in [6.45, 7) is 4.10. The summed E-state index contributed by atoms with van der Waals surface area (Å²) >= 11 is 0. The number of nitrogens with one attached hydrogen (secondary N) is 1. The average molecular weight is 235 g/mol. The van der Waals surface area contributed by atoms with Gasteiger partial charge < -0.3 is 5.32 Å². The van der Waals surface area contributed by atoms with Crippen molar-refractivity contribution < 1.29 is 4.79 Å². The summed E-state index contributed by atoms with van der Waals surface area (Å²) in [6, 6.07) is 0. The summed E-state index contributed by atoms with van der Waals surface area (Å²) in [5.41, 5.74) is 1.07. The third kappa shape index (κ3) is 2.79. The topological polar surface area (TPSA) is 29.1 Å². The van der Waals surface area contributed by atoms with Gasteiger partial charge in [-0.25, -0.2) is 0 Å². The maximum Gasteiger partial charge on any atom is 0.165 e. The minimum absolute atomic E-state index is 0.0646. The van der Waals surface area contributed by atoms with Gasteiger partial charge in [0.05, 0.1) is 0 Å². The highest BCUT2D eigenvalue weighted by molar-refractivity contribution is 6.00. The molecule has 2 aliphatic rings. The molecule has 0 aromatic rings. The van der Waals surface area contributed by atoms with Crippen LogP contribution in [0.5, 0.6) is 0 Å². The molecule has 2 heteroatoms. The molecule has 1 atom stereocenters. The zero-order chi connectivity index (χ0) is 12.1. The lowest BCUT2D eigenvalue weighted by molar-refractivity contribution is -0.124. The van der Waals surface area contributed by atoms with Crippen molar-refractivity contribution in [2.75, 3.05) is 13.1 Å². The van der Waals surface area contributed by atoms with Crippen LogP contribution in [0.2, 0.25) is 0 Å². The standard InChI is InChI=1S/C15H25NO/c1-2-9-15(10-11-16-12-15)14(17)13-7-5-3-4-6-8-13/h7,16H,2-6,8-12H2,1H3. The molecular formula is C15H25NO. The number of Topliss-reactive ketones (excluding diaryl/α,β-unsaturated/α-hetero) is 1. The van der Waals surface area contributed by atoms with Crippen LogP contribution < -0.4 is 5.32 Å². The van der Waals surface area contributed by atoms with E-state index in [1.807, 2.05) is 0 Å². The molecule has 96 valence electrons. The van der Waals surface area contributed by atoms with Gasteiger partial charge in [-0.15, -0.1) is 0 Å². The molecule has 0 aromatic heterocycles. The molecule has 1 aliphatic heterocycles. The van der Waals surface area contributed by atoms with Crippen LogP contribution in [0, 0.1) is 5.41 Å².